The molecule has 16 heavy (non-hydrogen) atoms. The number of carbonyl (C=O) groups is 1. The van der Waals surface area contributed by atoms with E-state index >= 15 is 0 Å². The lowest BCUT2D eigenvalue weighted by Crippen LogP contribution is -2.30. The number of carbonyl (C=O) groups excluding carboxylic acids is 1. The van der Waals surface area contributed by atoms with E-state index < -0.39 is 0 Å². The van der Waals surface area contributed by atoms with Crippen LogP contribution in [0, 0.1) is 11.3 Å². The number of rotatable bonds is 5. The normalized spacial score (nSPS) is 16.8. The SMILES string of the molecule is CN(CCC#N)C(=O)CSC1CCOCC1. The highest BCUT2D eigenvalue weighted by atomic mass is 32.2. The maximum Gasteiger partial charge on any atom is 0.232 e. The standard InChI is InChI=1S/C11H18N2O2S/c1-13(6-2-5-12)11(14)9-16-10-3-7-15-8-4-10/h10H,2-4,6-9H2,1H3. The summed E-state index contributed by atoms with van der Waals surface area (Å²) >= 11 is 1.71. The summed E-state index contributed by atoms with van der Waals surface area (Å²) in [5.41, 5.74) is 0. The molecule has 0 aromatic rings. The molecule has 1 saturated heterocycles. The fourth-order valence-electron chi connectivity index (χ4n) is 1.48. The molecular formula is C11H18N2O2S. The molecule has 0 unspecified atom stereocenters. The van der Waals surface area contributed by atoms with Crippen molar-refractivity contribution in [3.63, 3.8) is 0 Å². The molecule has 0 N–H and O–H groups in total. The summed E-state index contributed by atoms with van der Waals surface area (Å²) < 4.78 is 5.26. The number of hydrogen-bond acceptors (Lipinski definition) is 4. The van der Waals surface area contributed by atoms with Crippen molar-refractivity contribution in [2.24, 2.45) is 0 Å². The van der Waals surface area contributed by atoms with Crippen molar-refractivity contribution in [1.82, 2.24) is 4.90 Å². The Morgan fingerprint density at radius 1 is 1.56 bits per heavy atom. The van der Waals surface area contributed by atoms with Crippen LogP contribution in [0.5, 0.6) is 0 Å². The number of nitriles is 1. The van der Waals surface area contributed by atoms with Crippen LogP contribution in [-0.4, -0.2) is 48.6 Å². The average Bonchev–Trinajstić information content (AvgIpc) is 2.34. The van der Waals surface area contributed by atoms with Gasteiger partial charge in [-0.25, -0.2) is 0 Å². The van der Waals surface area contributed by atoms with Crippen molar-refractivity contribution in [2.45, 2.75) is 24.5 Å². The van der Waals surface area contributed by atoms with E-state index in [1.165, 1.54) is 0 Å². The van der Waals surface area contributed by atoms with E-state index in [1.54, 1.807) is 23.7 Å². The molecule has 1 heterocycles. The Hall–Kier alpha value is -0.730. The molecule has 5 heteroatoms. The number of amides is 1. The van der Waals surface area contributed by atoms with Crippen LogP contribution in [0.3, 0.4) is 0 Å². The summed E-state index contributed by atoms with van der Waals surface area (Å²) in [7, 11) is 1.75. The van der Waals surface area contributed by atoms with Crippen LogP contribution in [0.1, 0.15) is 19.3 Å². The lowest BCUT2D eigenvalue weighted by molar-refractivity contribution is -0.127. The van der Waals surface area contributed by atoms with E-state index in [-0.39, 0.29) is 5.91 Å². The lowest BCUT2D eigenvalue weighted by atomic mass is 10.2. The molecule has 90 valence electrons. The zero-order valence-corrected chi connectivity index (χ0v) is 10.5. The van der Waals surface area contributed by atoms with E-state index in [0.717, 1.165) is 26.1 Å². The fourth-order valence-corrected chi connectivity index (χ4v) is 2.61. The molecule has 1 aliphatic rings. The largest absolute Gasteiger partial charge is 0.381 e. The van der Waals surface area contributed by atoms with Crippen LogP contribution in [0.15, 0.2) is 0 Å². The Morgan fingerprint density at radius 3 is 2.88 bits per heavy atom. The van der Waals surface area contributed by atoms with Gasteiger partial charge in [-0.15, -0.1) is 11.8 Å². The van der Waals surface area contributed by atoms with Gasteiger partial charge in [0, 0.05) is 32.1 Å². The zero-order chi connectivity index (χ0) is 11.8. The summed E-state index contributed by atoms with van der Waals surface area (Å²) in [5, 5.41) is 8.98. The summed E-state index contributed by atoms with van der Waals surface area (Å²) in [6.07, 6.45) is 2.49. The van der Waals surface area contributed by atoms with Crippen LogP contribution in [0.4, 0.5) is 0 Å². The van der Waals surface area contributed by atoms with E-state index in [2.05, 4.69) is 0 Å². The van der Waals surface area contributed by atoms with Gasteiger partial charge in [0.15, 0.2) is 0 Å². The first-order valence-electron chi connectivity index (χ1n) is 5.54. The number of hydrogen-bond donors (Lipinski definition) is 0. The minimum atomic E-state index is 0.117. The van der Waals surface area contributed by atoms with Crippen LogP contribution in [-0.2, 0) is 9.53 Å². The second-order valence-corrected chi connectivity index (χ2v) is 5.13. The Bertz CT molecular complexity index is 259. The molecule has 1 fully saturated rings. The molecular weight excluding hydrogens is 224 g/mol. The van der Waals surface area contributed by atoms with Gasteiger partial charge in [-0.2, -0.15) is 5.26 Å². The summed E-state index contributed by atoms with van der Waals surface area (Å²) in [6.45, 7) is 2.16. The topological polar surface area (TPSA) is 53.3 Å². The van der Waals surface area contributed by atoms with Crippen molar-refractivity contribution >= 4 is 17.7 Å². The predicted octanol–water partition coefficient (Wildman–Crippen LogP) is 1.27. The third-order valence-corrected chi connectivity index (χ3v) is 3.95. The van der Waals surface area contributed by atoms with E-state index in [9.17, 15) is 4.79 Å². The molecule has 0 atom stereocenters. The van der Waals surface area contributed by atoms with Gasteiger partial charge >= 0.3 is 0 Å². The highest BCUT2D eigenvalue weighted by Gasteiger charge is 2.16. The van der Waals surface area contributed by atoms with E-state index in [4.69, 9.17) is 10.00 Å². The molecule has 0 spiro atoms. The highest BCUT2D eigenvalue weighted by Crippen LogP contribution is 2.21. The third kappa shape index (κ3) is 4.86. The third-order valence-electron chi connectivity index (χ3n) is 2.60. The number of ether oxygens (including phenoxy) is 1. The molecule has 0 aromatic carbocycles. The first-order valence-corrected chi connectivity index (χ1v) is 6.59. The molecule has 4 nitrogen and oxygen atoms in total. The van der Waals surface area contributed by atoms with Crippen LogP contribution in [0.25, 0.3) is 0 Å². The van der Waals surface area contributed by atoms with Crippen LogP contribution < -0.4 is 0 Å². The first-order chi connectivity index (χ1) is 7.74. The Kier molecular flexibility index (Phi) is 6.27. The monoisotopic (exact) mass is 242 g/mol. The van der Waals surface area contributed by atoms with Gasteiger partial charge in [-0.05, 0) is 12.8 Å². The van der Waals surface area contributed by atoms with Gasteiger partial charge in [-0.3, -0.25) is 4.79 Å². The van der Waals surface area contributed by atoms with E-state index in [0.29, 0.717) is 24.0 Å². The lowest BCUT2D eigenvalue weighted by Gasteiger charge is -2.22. The van der Waals surface area contributed by atoms with Gasteiger partial charge in [0.25, 0.3) is 0 Å². The summed E-state index contributed by atoms with van der Waals surface area (Å²) in [6, 6.07) is 2.04. The Labute approximate surface area is 101 Å². The van der Waals surface area contributed by atoms with Gasteiger partial charge in [0.05, 0.1) is 18.2 Å². The predicted molar refractivity (Wildman–Crippen MR) is 64.2 cm³/mol. The Morgan fingerprint density at radius 2 is 2.25 bits per heavy atom. The van der Waals surface area contributed by atoms with Crippen LogP contribution in [0.2, 0.25) is 0 Å². The molecule has 1 aliphatic heterocycles. The molecule has 1 rings (SSSR count). The van der Waals surface area contributed by atoms with E-state index in [1.807, 2.05) is 6.07 Å². The van der Waals surface area contributed by atoms with Crippen molar-refractivity contribution in [3.05, 3.63) is 0 Å². The molecule has 0 bridgehead atoms. The molecule has 0 radical (unpaired) electrons. The quantitative estimate of drug-likeness (QED) is 0.728. The number of thioether (sulfide) groups is 1. The highest BCUT2D eigenvalue weighted by molar-refractivity contribution is 8.00. The van der Waals surface area contributed by atoms with Gasteiger partial charge in [0.2, 0.25) is 5.91 Å². The number of nitrogens with zero attached hydrogens (tertiary/aromatic N) is 2. The molecule has 0 aromatic heterocycles. The molecule has 0 saturated carbocycles. The second-order valence-electron chi connectivity index (χ2n) is 3.85. The summed E-state index contributed by atoms with van der Waals surface area (Å²) in [4.78, 5) is 13.3. The van der Waals surface area contributed by atoms with Crippen molar-refractivity contribution in [2.75, 3.05) is 32.6 Å². The maximum atomic E-state index is 11.7. The molecule has 1 amide bonds. The van der Waals surface area contributed by atoms with Gasteiger partial charge in [-0.1, -0.05) is 0 Å². The maximum absolute atomic E-state index is 11.7. The minimum Gasteiger partial charge on any atom is -0.381 e. The molecule has 0 aliphatic carbocycles. The second kappa shape index (κ2) is 7.53. The van der Waals surface area contributed by atoms with Gasteiger partial charge < -0.3 is 9.64 Å². The smallest absolute Gasteiger partial charge is 0.232 e. The van der Waals surface area contributed by atoms with Crippen LogP contribution >= 0.6 is 11.8 Å². The van der Waals surface area contributed by atoms with Crippen molar-refractivity contribution in [1.29, 1.82) is 5.26 Å². The van der Waals surface area contributed by atoms with Gasteiger partial charge in [0.1, 0.15) is 0 Å². The fraction of sp³-hybridized carbons (Fsp3) is 0.818. The zero-order valence-electron chi connectivity index (χ0n) is 9.65. The summed E-state index contributed by atoms with van der Waals surface area (Å²) in [5.74, 6) is 0.638. The van der Waals surface area contributed by atoms with Crippen molar-refractivity contribution in [3.8, 4) is 6.07 Å². The minimum absolute atomic E-state index is 0.117. The Balaban J connectivity index is 2.15. The van der Waals surface area contributed by atoms with Crippen molar-refractivity contribution < 1.29 is 9.53 Å². The first kappa shape index (κ1) is 13.3. The average molecular weight is 242 g/mol.